The summed E-state index contributed by atoms with van der Waals surface area (Å²) >= 11 is 0. The number of carbonyl (C=O) groups is 1. The summed E-state index contributed by atoms with van der Waals surface area (Å²) in [5.41, 5.74) is 2.37. The summed E-state index contributed by atoms with van der Waals surface area (Å²) in [5, 5.41) is 7.43. The smallest absolute Gasteiger partial charge is 0.318 e. The predicted molar refractivity (Wildman–Crippen MR) is 91.4 cm³/mol. The molecule has 122 valence electrons. The lowest BCUT2D eigenvalue weighted by Gasteiger charge is -2.30. The van der Waals surface area contributed by atoms with Gasteiger partial charge in [0.1, 0.15) is 0 Å². The molecule has 2 amide bonds. The molecule has 0 bridgehead atoms. The third kappa shape index (κ3) is 3.23. The van der Waals surface area contributed by atoms with E-state index >= 15 is 0 Å². The summed E-state index contributed by atoms with van der Waals surface area (Å²) < 4.78 is 1.99. The number of nitrogens with one attached hydrogen (secondary N) is 1. The minimum absolute atomic E-state index is 0.0793. The third-order valence-electron chi connectivity index (χ3n) is 4.45. The second kappa shape index (κ2) is 6.86. The summed E-state index contributed by atoms with van der Waals surface area (Å²) in [6, 6.07) is 12.2. The zero-order chi connectivity index (χ0) is 16.2. The monoisotopic (exact) mass is 312 g/mol. The molecule has 0 radical (unpaired) electrons. The molecule has 0 aliphatic carbocycles. The van der Waals surface area contributed by atoms with E-state index in [0.717, 1.165) is 25.8 Å². The van der Waals surface area contributed by atoms with Crippen LogP contribution < -0.4 is 5.32 Å². The zero-order valence-electron chi connectivity index (χ0n) is 13.8. The molecule has 5 heteroatoms. The van der Waals surface area contributed by atoms with Gasteiger partial charge in [-0.05, 0) is 31.7 Å². The lowest BCUT2D eigenvalue weighted by atomic mass is 10.0. The summed E-state index contributed by atoms with van der Waals surface area (Å²) in [6.07, 6.45) is 3.07. The molecule has 1 aromatic heterocycles. The number of fused-ring (bicyclic) bond motifs is 1. The highest BCUT2D eigenvalue weighted by Gasteiger charge is 2.23. The van der Waals surface area contributed by atoms with Gasteiger partial charge in [-0.3, -0.25) is 10.00 Å². The maximum atomic E-state index is 12.7. The predicted octanol–water partition coefficient (Wildman–Crippen LogP) is 3.83. The SMILES string of the molecule is CCC(c1ccccc1)N(CC)C(=O)Nc1cc2n(n1)CCC2. The maximum absolute atomic E-state index is 12.7. The Kier molecular flexibility index (Phi) is 4.65. The largest absolute Gasteiger partial charge is 0.323 e. The van der Waals surface area contributed by atoms with Crippen molar-refractivity contribution in [2.75, 3.05) is 11.9 Å². The molecule has 1 aliphatic rings. The van der Waals surface area contributed by atoms with Gasteiger partial charge in [0.25, 0.3) is 0 Å². The Bertz CT molecular complexity index is 643. The van der Waals surface area contributed by atoms with Crippen LogP contribution in [0.5, 0.6) is 0 Å². The van der Waals surface area contributed by atoms with Gasteiger partial charge in [0.2, 0.25) is 0 Å². The van der Waals surface area contributed by atoms with Gasteiger partial charge in [0, 0.05) is 24.8 Å². The van der Waals surface area contributed by atoms with E-state index < -0.39 is 0 Å². The van der Waals surface area contributed by atoms with E-state index in [-0.39, 0.29) is 12.1 Å². The van der Waals surface area contributed by atoms with Crippen molar-refractivity contribution in [3.63, 3.8) is 0 Å². The fourth-order valence-electron chi connectivity index (χ4n) is 3.32. The first-order valence-electron chi connectivity index (χ1n) is 8.42. The molecule has 1 aromatic carbocycles. The summed E-state index contributed by atoms with van der Waals surface area (Å²) in [4.78, 5) is 14.6. The number of benzene rings is 1. The van der Waals surface area contributed by atoms with E-state index in [1.807, 2.05) is 40.8 Å². The van der Waals surface area contributed by atoms with Crippen LogP contribution in [-0.4, -0.2) is 27.3 Å². The Morgan fingerprint density at radius 1 is 1.35 bits per heavy atom. The number of nitrogens with zero attached hydrogens (tertiary/aromatic N) is 3. The van der Waals surface area contributed by atoms with Crippen LogP contribution in [0.4, 0.5) is 10.6 Å². The average molecular weight is 312 g/mol. The van der Waals surface area contributed by atoms with Crippen LogP contribution in [0.3, 0.4) is 0 Å². The Labute approximate surface area is 137 Å². The molecule has 1 aliphatic heterocycles. The van der Waals surface area contributed by atoms with Gasteiger partial charge in [0.05, 0.1) is 6.04 Å². The van der Waals surface area contributed by atoms with Crippen LogP contribution in [0, 0.1) is 0 Å². The number of amides is 2. The molecule has 0 fully saturated rings. The van der Waals surface area contributed by atoms with Crippen molar-refractivity contribution in [2.45, 2.75) is 45.7 Å². The van der Waals surface area contributed by atoms with Gasteiger partial charge in [-0.15, -0.1) is 0 Å². The van der Waals surface area contributed by atoms with Crippen LogP contribution in [0.1, 0.15) is 44.0 Å². The number of carbonyl (C=O) groups excluding carboxylic acids is 1. The van der Waals surface area contributed by atoms with E-state index in [2.05, 4.69) is 29.5 Å². The second-order valence-electron chi connectivity index (χ2n) is 5.90. The fourth-order valence-corrected chi connectivity index (χ4v) is 3.32. The van der Waals surface area contributed by atoms with Crippen molar-refractivity contribution >= 4 is 11.8 Å². The molecule has 0 saturated heterocycles. The van der Waals surface area contributed by atoms with Crippen LogP contribution >= 0.6 is 0 Å². The molecule has 2 heterocycles. The van der Waals surface area contributed by atoms with Gasteiger partial charge in [0.15, 0.2) is 5.82 Å². The van der Waals surface area contributed by atoms with Crippen molar-refractivity contribution in [3.8, 4) is 0 Å². The van der Waals surface area contributed by atoms with Gasteiger partial charge < -0.3 is 4.90 Å². The highest BCUT2D eigenvalue weighted by atomic mass is 16.2. The molecule has 23 heavy (non-hydrogen) atoms. The van der Waals surface area contributed by atoms with E-state index in [9.17, 15) is 4.79 Å². The number of aryl methyl sites for hydroxylation is 2. The van der Waals surface area contributed by atoms with Crippen LogP contribution in [0.15, 0.2) is 36.4 Å². The molecular formula is C18H24N4O. The normalized spacial score (nSPS) is 14.3. The van der Waals surface area contributed by atoms with Gasteiger partial charge >= 0.3 is 6.03 Å². The fraction of sp³-hybridized carbons (Fsp3) is 0.444. The van der Waals surface area contributed by atoms with Crippen LogP contribution in [0.25, 0.3) is 0 Å². The summed E-state index contributed by atoms with van der Waals surface area (Å²) in [7, 11) is 0. The Hall–Kier alpha value is -2.30. The molecular weight excluding hydrogens is 288 g/mol. The van der Waals surface area contributed by atoms with Crippen LogP contribution in [0.2, 0.25) is 0 Å². The standard InChI is InChI=1S/C18H24N4O/c1-3-16(14-9-6-5-7-10-14)21(4-2)18(23)19-17-13-15-11-8-12-22(15)20-17/h5-7,9-10,13,16H,3-4,8,11-12H2,1-2H3,(H,19,20,23). The first-order chi connectivity index (χ1) is 11.2. The lowest BCUT2D eigenvalue weighted by Crippen LogP contribution is -2.38. The minimum atomic E-state index is -0.0834. The van der Waals surface area contributed by atoms with Crippen molar-refractivity contribution in [2.24, 2.45) is 0 Å². The molecule has 1 atom stereocenters. The number of hydrogen-bond donors (Lipinski definition) is 1. The first kappa shape index (κ1) is 15.6. The Morgan fingerprint density at radius 2 is 2.13 bits per heavy atom. The quantitative estimate of drug-likeness (QED) is 0.912. The summed E-state index contributed by atoms with van der Waals surface area (Å²) in [6.45, 7) is 5.73. The zero-order valence-corrected chi connectivity index (χ0v) is 13.8. The van der Waals surface area contributed by atoms with E-state index in [1.165, 1.54) is 11.3 Å². The van der Waals surface area contributed by atoms with E-state index in [1.54, 1.807) is 0 Å². The van der Waals surface area contributed by atoms with Gasteiger partial charge in [-0.2, -0.15) is 5.10 Å². The number of anilines is 1. The molecule has 1 N–H and O–H groups in total. The minimum Gasteiger partial charge on any atom is -0.318 e. The van der Waals surface area contributed by atoms with Crippen molar-refractivity contribution in [3.05, 3.63) is 47.7 Å². The number of urea groups is 1. The van der Waals surface area contributed by atoms with Crippen LogP contribution in [-0.2, 0) is 13.0 Å². The van der Waals surface area contributed by atoms with E-state index in [4.69, 9.17) is 0 Å². The summed E-state index contributed by atoms with van der Waals surface area (Å²) in [5.74, 6) is 0.658. The third-order valence-corrected chi connectivity index (χ3v) is 4.45. The number of hydrogen-bond acceptors (Lipinski definition) is 2. The number of rotatable bonds is 5. The maximum Gasteiger partial charge on any atom is 0.323 e. The molecule has 1 unspecified atom stereocenters. The first-order valence-corrected chi connectivity index (χ1v) is 8.42. The van der Waals surface area contributed by atoms with Gasteiger partial charge in [-0.25, -0.2) is 4.79 Å². The second-order valence-corrected chi connectivity index (χ2v) is 5.90. The highest BCUT2D eigenvalue weighted by molar-refractivity contribution is 5.88. The molecule has 2 aromatic rings. The van der Waals surface area contributed by atoms with Gasteiger partial charge in [-0.1, -0.05) is 37.3 Å². The lowest BCUT2D eigenvalue weighted by molar-refractivity contribution is 0.190. The Balaban J connectivity index is 1.74. The van der Waals surface area contributed by atoms with Crippen molar-refractivity contribution in [1.82, 2.24) is 14.7 Å². The van der Waals surface area contributed by atoms with Crippen molar-refractivity contribution < 1.29 is 4.79 Å². The Morgan fingerprint density at radius 3 is 2.78 bits per heavy atom. The molecule has 5 nitrogen and oxygen atoms in total. The molecule has 0 spiro atoms. The highest BCUT2D eigenvalue weighted by Crippen LogP contribution is 2.25. The van der Waals surface area contributed by atoms with Crippen molar-refractivity contribution in [1.29, 1.82) is 0 Å². The average Bonchev–Trinajstić information content (AvgIpc) is 3.14. The molecule has 3 rings (SSSR count). The van der Waals surface area contributed by atoms with E-state index in [0.29, 0.717) is 12.4 Å². The molecule has 0 saturated carbocycles. The topological polar surface area (TPSA) is 50.2 Å². The number of aromatic nitrogens is 2.